The van der Waals surface area contributed by atoms with E-state index in [9.17, 15) is 0 Å². The van der Waals surface area contributed by atoms with Gasteiger partial charge in [0.15, 0.2) is 0 Å². The lowest BCUT2D eigenvalue weighted by molar-refractivity contribution is 0.657. The van der Waals surface area contributed by atoms with E-state index in [4.69, 9.17) is 8.83 Å². The maximum atomic E-state index is 6.91. The van der Waals surface area contributed by atoms with Crippen LogP contribution >= 0.6 is 0 Å². The molecule has 0 saturated heterocycles. The number of benzene rings is 13. The van der Waals surface area contributed by atoms with E-state index in [0.29, 0.717) is 0 Å². The lowest BCUT2D eigenvalue weighted by Crippen LogP contribution is -2.30. The number of aryl methyl sites for hydroxylation is 3. The highest BCUT2D eigenvalue weighted by atomic mass is 16.3. The van der Waals surface area contributed by atoms with Gasteiger partial charge in [-0.1, -0.05) is 238 Å². The number of furan rings is 2. The summed E-state index contributed by atoms with van der Waals surface area (Å²) in [5.74, 6) is 0. The predicted molar refractivity (Wildman–Crippen MR) is 368 cm³/mol. The number of hydrogen-bond donors (Lipinski definition) is 0. The number of anilines is 3. The molecule has 0 amide bonds. The molecule has 89 heavy (non-hydrogen) atoms. The zero-order chi connectivity index (χ0) is 59.5. The van der Waals surface area contributed by atoms with Gasteiger partial charge in [0, 0.05) is 43.9 Å². The summed E-state index contributed by atoms with van der Waals surface area (Å²) < 4.78 is 13.7. The topological polar surface area (TPSA) is 29.5 Å². The molecule has 0 aliphatic heterocycles. The normalized spacial score (nSPS) is 14.4. The fourth-order valence-electron chi connectivity index (χ4n) is 16.9. The summed E-state index contributed by atoms with van der Waals surface area (Å²) in [6, 6.07) is 105. The van der Waals surface area contributed by atoms with Crippen LogP contribution in [0.1, 0.15) is 86.2 Å². The van der Waals surface area contributed by atoms with Crippen molar-refractivity contribution in [2.45, 2.75) is 50.9 Å². The molecule has 0 atom stereocenters. The van der Waals surface area contributed by atoms with E-state index in [0.717, 1.165) is 61.0 Å². The molecule has 15 aromatic rings. The highest BCUT2D eigenvalue weighted by Crippen LogP contribution is 2.65. The van der Waals surface area contributed by atoms with Crippen LogP contribution in [0.2, 0.25) is 0 Å². The van der Waals surface area contributed by atoms with Crippen molar-refractivity contribution in [1.29, 1.82) is 0 Å². The molecular weight excluding hydrogens is 1080 g/mol. The third kappa shape index (κ3) is 6.99. The minimum atomic E-state index is -0.755. The van der Waals surface area contributed by atoms with Crippen LogP contribution in [0.3, 0.4) is 0 Å². The van der Waals surface area contributed by atoms with Gasteiger partial charge in [0.1, 0.15) is 22.3 Å². The van der Waals surface area contributed by atoms with Crippen molar-refractivity contribution in [3.8, 4) is 44.5 Å². The summed E-state index contributed by atoms with van der Waals surface area (Å²) in [5, 5.41) is 4.58. The molecule has 2 heterocycles. The second-order valence-corrected chi connectivity index (χ2v) is 25.5. The van der Waals surface area contributed by atoms with Crippen molar-refractivity contribution in [2.24, 2.45) is 0 Å². The third-order valence-electron chi connectivity index (χ3n) is 20.4. The lowest BCUT2D eigenvalue weighted by atomic mass is 9.66. The molecule has 0 spiro atoms. The molecule has 18 rings (SSSR count). The Morgan fingerprint density at radius 2 is 0.764 bits per heavy atom. The summed E-state index contributed by atoms with van der Waals surface area (Å²) in [6.07, 6.45) is 0. The highest BCUT2D eigenvalue weighted by molar-refractivity contribution is 6.19. The molecule has 0 radical (unpaired) electrons. The second kappa shape index (κ2) is 18.9. The van der Waals surface area contributed by atoms with Crippen LogP contribution in [0.5, 0.6) is 0 Å². The number of para-hydroxylation sites is 2. The van der Waals surface area contributed by atoms with Crippen molar-refractivity contribution in [1.82, 2.24) is 0 Å². The van der Waals surface area contributed by atoms with E-state index < -0.39 is 10.8 Å². The van der Waals surface area contributed by atoms with Crippen molar-refractivity contribution in [3.63, 3.8) is 0 Å². The van der Waals surface area contributed by atoms with Gasteiger partial charge in [0.05, 0.1) is 16.5 Å². The van der Waals surface area contributed by atoms with E-state index in [2.05, 4.69) is 319 Å². The van der Waals surface area contributed by atoms with Gasteiger partial charge in [-0.3, -0.25) is 0 Å². The Bertz CT molecular complexity index is 5320. The van der Waals surface area contributed by atoms with Gasteiger partial charge in [-0.2, -0.15) is 0 Å². The summed E-state index contributed by atoms with van der Waals surface area (Å²) in [4.78, 5) is 2.57. The fraction of sp³-hybridized carbons (Fsp3) is 0.0930. The van der Waals surface area contributed by atoms with Crippen molar-refractivity contribution >= 4 is 60.9 Å². The monoisotopic (exact) mass is 1140 g/mol. The van der Waals surface area contributed by atoms with E-state index >= 15 is 0 Å². The molecular formula is C86H61NO2. The van der Waals surface area contributed by atoms with E-state index in [1.165, 1.54) is 117 Å². The van der Waals surface area contributed by atoms with E-state index in [1.807, 2.05) is 0 Å². The SMILES string of the molecule is Cc1cc(C)c(N(c2ccc3c(c2)C(C)(C)c2cc(-c4ccccc4)c4oc5ccccc5c4c2-3)c2ccc3c(c2)C(c2ccccc2)(c2ccccc2)c2cc4c(cc2-3)C(c2ccccc2)(c2ccccc2)c2ccc3oc5ccccc5c3c2-4)c(C)c1. The lowest BCUT2D eigenvalue weighted by Gasteiger charge is -2.36. The first kappa shape index (κ1) is 51.5. The van der Waals surface area contributed by atoms with Crippen molar-refractivity contribution in [2.75, 3.05) is 4.90 Å². The Morgan fingerprint density at radius 1 is 0.315 bits per heavy atom. The molecule has 2 aromatic heterocycles. The van der Waals surface area contributed by atoms with Crippen LogP contribution in [-0.2, 0) is 16.2 Å². The first-order valence-electron chi connectivity index (χ1n) is 31.2. The summed E-state index contributed by atoms with van der Waals surface area (Å²) in [7, 11) is 0. The molecule has 3 heteroatoms. The van der Waals surface area contributed by atoms with Gasteiger partial charge in [-0.15, -0.1) is 0 Å². The predicted octanol–water partition coefficient (Wildman–Crippen LogP) is 22.6. The van der Waals surface area contributed by atoms with Crippen molar-refractivity contribution in [3.05, 3.63) is 351 Å². The summed E-state index contributed by atoms with van der Waals surface area (Å²) >= 11 is 0. The molecule has 0 bridgehead atoms. The molecule has 422 valence electrons. The smallest absolute Gasteiger partial charge is 0.143 e. The maximum Gasteiger partial charge on any atom is 0.143 e. The van der Waals surface area contributed by atoms with Gasteiger partial charge >= 0.3 is 0 Å². The Balaban J connectivity index is 0.919. The first-order chi connectivity index (χ1) is 43.6. The van der Waals surface area contributed by atoms with Crippen LogP contribution in [0.4, 0.5) is 17.1 Å². The number of fused-ring (bicyclic) bond motifs is 17. The zero-order valence-corrected chi connectivity index (χ0v) is 50.3. The Kier molecular flexibility index (Phi) is 10.9. The van der Waals surface area contributed by atoms with Gasteiger partial charge in [0.2, 0.25) is 0 Å². The second-order valence-electron chi connectivity index (χ2n) is 25.5. The van der Waals surface area contributed by atoms with Crippen LogP contribution in [0, 0.1) is 20.8 Å². The van der Waals surface area contributed by atoms with Crippen LogP contribution in [-0.4, -0.2) is 0 Å². The standard InChI is InChI=1S/C86H61NO2/c1-52-45-53(2)82(54(3)46-52)87(60-40-42-63-70(47-60)84(4,5)74-49-66(55-25-11-6-12-26-55)83-81(78(63)74)65-36-22-24-38-76(65)89-83)61-39-41-62-67-50-73-68(51-72(67)86(71(62)48-61,58-31-17-9-18-32-58)59-33-19-10-20-34-59)79-69(43-44-77-80(79)64-35-21-23-37-75(64)88-77)85(73,56-27-13-7-14-28-56)57-29-15-8-16-30-57/h6-51H,1-5H3. The van der Waals surface area contributed by atoms with Crippen LogP contribution < -0.4 is 4.90 Å². The summed E-state index contributed by atoms with van der Waals surface area (Å²) in [6.45, 7) is 11.6. The first-order valence-corrected chi connectivity index (χ1v) is 31.2. The maximum absolute atomic E-state index is 6.91. The van der Waals surface area contributed by atoms with Gasteiger partial charge in [0.25, 0.3) is 0 Å². The fourth-order valence-corrected chi connectivity index (χ4v) is 16.9. The molecule has 0 fully saturated rings. The van der Waals surface area contributed by atoms with Gasteiger partial charge < -0.3 is 13.7 Å². The van der Waals surface area contributed by atoms with Crippen molar-refractivity contribution < 1.29 is 8.83 Å². The number of rotatable bonds is 8. The van der Waals surface area contributed by atoms with Gasteiger partial charge in [-0.25, -0.2) is 0 Å². The molecule has 0 N–H and O–H groups in total. The quantitative estimate of drug-likeness (QED) is 0.152. The van der Waals surface area contributed by atoms with Crippen LogP contribution in [0.25, 0.3) is 88.4 Å². The minimum Gasteiger partial charge on any atom is -0.456 e. The largest absolute Gasteiger partial charge is 0.456 e. The van der Waals surface area contributed by atoms with E-state index in [1.54, 1.807) is 0 Å². The van der Waals surface area contributed by atoms with E-state index in [-0.39, 0.29) is 5.41 Å². The van der Waals surface area contributed by atoms with Gasteiger partial charge in [-0.05, 0) is 187 Å². The molecule has 13 aromatic carbocycles. The Morgan fingerprint density at radius 3 is 1.36 bits per heavy atom. The Labute approximate surface area is 518 Å². The highest BCUT2D eigenvalue weighted by Gasteiger charge is 2.52. The average molecular weight is 1140 g/mol. The zero-order valence-electron chi connectivity index (χ0n) is 50.3. The molecule has 3 aliphatic carbocycles. The third-order valence-corrected chi connectivity index (χ3v) is 20.4. The minimum absolute atomic E-state index is 0.364. The molecule has 0 unspecified atom stereocenters. The molecule has 3 aliphatic rings. The summed E-state index contributed by atoms with van der Waals surface area (Å²) in [5.41, 5.74) is 31.1. The van der Waals surface area contributed by atoms with Crippen LogP contribution in [0.15, 0.2) is 288 Å². The Hall–Kier alpha value is -10.7. The molecule has 3 nitrogen and oxygen atoms in total. The number of nitrogens with zero attached hydrogens (tertiary/aromatic N) is 1. The molecule has 0 saturated carbocycles. The average Bonchev–Trinajstić information content (AvgIpc) is 1.54. The number of hydrogen-bond acceptors (Lipinski definition) is 3.